The Labute approximate surface area is 200 Å². The maximum atomic E-state index is 12.7. The number of ether oxygens (including phenoxy) is 2. The molecule has 12 heteroatoms. The minimum Gasteiger partial charge on any atom is -0.497 e. The average molecular weight is 571 g/mol. The third-order valence-corrected chi connectivity index (χ3v) is 5.55. The number of thiazole rings is 1. The third-order valence-electron chi connectivity index (χ3n) is 4.70. The summed E-state index contributed by atoms with van der Waals surface area (Å²) in [7, 11) is 4.85. The maximum Gasteiger partial charge on any atom is 0.434 e. The van der Waals surface area contributed by atoms with Gasteiger partial charge in [-0.3, -0.25) is 4.99 Å². The Hall–Kier alpha value is -1.96. The van der Waals surface area contributed by atoms with Crippen molar-refractivity contribution in [3.05, 3.63) is 34.3 Å². The Morgan fingerprint density at radius 2 is 1.94 bits per heavy atom. The van der Waals surface area contributed by atoms with Gasteiger partial charge in [-0.1, -0.05) is 0 Å². The SMILES string of the molecule is CN=C(NCc1nc(C(F)(F)F)cs1)NC1CCN(c2cc(OC)cc(OC)c2)C1.I. The number of alkyl halides is 3. The summed E-state index contributed by atoms with van der Waals surface area (Å²) in [4.78, 5) is 10.0. The molecule has 2 N–H and O–H groups in total. The van der Waals surface area contributed by atoms with Crippen molar-refractivity contribution in [3.8, 4) is 11.5 Å². The zero-order valence-electron chi connectivity index (χ0n) is 17.3. The molecular formula is C19H25F3IN5O2S. The number of anilines is 1. The van der Waals surface area contributed by atoms with Crippen molar-refractivity contribution in [2.45, 2.75) is 25.2 Å². The number of nitrogens with one attached hydrogen (secondary N) is 2. The van der Waals surface area contributed by atoms with Crippen LogP contribution in [0.3, 0.4) is 0 Å². The molecule has 1 fully saturated rings. The molecular weight excluding hydrogens is 546 g/mol. The molecule has 0 radical (unpaired) electrons. The monoisotopic (exact) mass is 571 g/mol. The highest BCUT2D eigenvalue weighted by Crippen LogP contribution is 2.31. The molecule has 0 bridgehead atoms. The van der Waals surface area contributed by atoms with Gasteiger partial charge in [-0.05, 0) is 6.42 Å². The van der Waals surface area contributed by atoms with Crippen LogP contribution in [0, 0.1) is 0 Å². The average Bonchev–Trinajstić information content (AvgIpc) is 3.40. The maximum absolute atomic E-state index is 12.7. The first kappa shape index (κ1) is 25.3. The summed E-state index contributed by atoms with van der Waals surface area (Å²) in [5.74, 6) is 1.97. The van der Waals surface area contributed by atoms with Crippen LogP contribution in [0.15, 0.2) is 28.6 Å². The topological polar surface area (TPSA) is 71.0 Å². The molecule has 1 aromatic carbocycles. The first-order valence-corrected chi connectivity index (χ1v) is 10.2. The minimum absolute atomic E-state index is 0. The molecule has 2 aromatic rings. The molecule has 7 nitrogen and oxygen atoms in total. The second-order valence-corrected chi connectivity index (χ2v) is 7.64. The Kier molecular flexibility index (Phi) is 9.03. The van der Waals surface area contributed by atoms with Crippen molar-refractivity contribution in [2.24, 2.45) is 4.99 Å². The zero-order chi connectivity index (χ0) is 21.7. The van der Waals surface area contributed by atoms with Gasteiger partial charge >= 0.3 is 6.18 Å². The quantitative estimate of drug-likeness (QED) is 0.313. The van der Waals surface area contributed by atoms with Gasteiger partial charge in [0.05, 0.1) is 20.8 Å². The van der Waals surface area contributed by atoms with Gasteiger partial charge in [-0.25, -0.2) is 4.98 Å². The standard InChI is InChI=1S/C19H24F3N5O2S.HI/c1-23-18(24-9-17-26-16(11-30-17)19(20,21)22)25-12-4-5-27(10-12)13-6-14(28-2)8-15(7-13)29-3;/h6-8,11-12H,4-5,9-10H2,1-3H3,(H2,23,24,25);1H. The van der Waals surface area contributed by atoms with Gasteiger partial charge in [-0.15, -0.1) is 35.3 Å². The van der Waals surface area contributed by atoms with Gasteiger partial charge in [0.2, 0.25) is 0 Å². The summed E-state index contributed by atoms with van der Waals surface area (Å²) in [6, 6.07) is 5.87. The summed E-state index contributed by atoms with van der Waals surface area (Å²) >= 11 is 0.968. The number of halogens is 4. The lowest BCUT2D eigenvalue weighted by atomic mass is 10.2. The van der Waals surface area contributed by atoms with Crippen LogP contribution in [-0.2, 0) is 12.7 Å². The molecule has 2 heterocycles. The van der Waals surface area contributed by atoms with E-state index in [1.807, 2.05) is 18.2 Å². The number of rotatable bonds is 6. The van der Waals surface area contributed by atoms with Crippen LogP contribution >= 0.6 is 35.3 Å². The van der Waals surface area contributed by atoms with E-state index in [4.69, 9.17) is 9.47 Å². The van der Waals surface area contributed by atoms with Gasteiger partial charge in [-0.2, -0.15) is 13.2 Å². The number of hydrogen-bond donors (Lipinski definition) is 2. The molecule has 0 amide bonds. The number of nitrogens with zero attached hydrogens (tertiary/aromatic N) is 3. The van der Waals surface area contributed by atoms with Gasteiger partial charge in [0.1, 0.15) is 16.5 Å². The van der Waals surface area contributed by atoms with Crippen molar-refractivity contribution in [1.29, 1.82) is 0 Å². The Morgan fingerprint density at radius 1 is 1.26 bits per heavy atom. The van der Waals surface area contributed by atoms with Crippen LogP contribution in [-0.4, -0.2) is 51.3 Å². The lowest BCUT2D eigenvalue weighted by Gasteiger charge is -2.21. The van der Waals surface area contributed by atoms with E-state index in [-0.39, 0.29) is 36.6 Å². The van der Waals surface area contributed by atoms with Crippen molar-refractivity contribution in [1.82, 2.24) is 15.6 Å². The zero-order valence-corrected chi connectivity index (χ0v) is 20.5. The smallest absolute Gasteiger partial charge is 0.434 e. The molecule has 31 heavy (non-hydrogen) atoms. The molecule has 172 valence electrons. The van der Waals surface area contributed by atoms with Gasteiger partial charge < -0.3 is 25.0 Å². The Balaban J connectivity index is 0.00000341. The number of aliphatic imine (C=N–C) groups is 1. The number of hydrogen-bond acceptors (Lipinski definition) is 6. The summed E-state index contributed by atoms with van der Waals surface area (Å²) in [5, 5.41) is 7.72. The minimum atomic E-state index is -4.43. The molecule has 1 aliphatic heterocycles. The summed E-state index contributed by atoms with van der Waals surface area (Å²) in [6.07, 6.45) is -3.54. The van der Waals surface area contributed by atoms with Crippen molar-refractivity contribution >= 4 is 47.0 Å². The van der Waals surface area contributed by atoms with Gasteiger partial charge in [0.15, 0.2) is 11.7 Å². The lowest BCUT2D eigenvalue weighted by Crippen LogP contribution is -2.44. The third kappa shape index (κ3) is 6.76. The fraction of sp³-hybridized carbons (Fsp3) is 0.474. The van der Waals surface area contributed by atoms with Gasteiger partial charge in [0, 0.05) is 55.4 Å². The number of guanidine groups is 1. The number of aromatic nitrogens is 1. The van der Waals surface area contributed by atoms with Crippen LogP contribution in [0.2, 0.25) is 0 Å². The van der Waals surface area contributed by atoms with E-state index in [1.54, 1.807) is 21.3 Å². The molecule has 1 atom stereocenters. The van der Waals surface area contributed by atoms with Crippen LogP contribution < -0.4 is 25.0 Å². The molecule has 0 saturated carbocycles. The van der Waals surface area contributed by atoms with Crippen LogP contribution in [0.4, 0.5) is 18.9 Å². The van der Waals surface area contributed by atoms with E-state index < -0.39 is 11.9 Å². The van der Waals surface area contributed by atoms with E-state index >= 15 is 0 Å². The highest BCUT2D eigenvalue weighted by molar-refractivity contribution is 14.0. The highest BCUT2D eigenvalue weighted by Gasteiger charge is 2.33. The predicted octanol–water partition coefficient (Wildman–Crippen LogP) is 3.74. The second kappa shape index (κ2) is 11.1. The lowest BCUT2D eigenvalue weighted by molar-refractivity contribution is -0.140. The molecule has 3 rings (SSSR count). The van der Waals surface area contributed by atoms with Crippen molar-refractivity contribution in [2.75, 3.05) is 39.3 Å². The Bertz CT molecular complexity index is 871. The molecule has 0 spiro atoms. The molecule has 1 aliphatic rings. The summed E-state index contributed by atoms with van der Waals surface area (Å²) in [6.45, 7) is 1.75. The van der Waals surface area contributed by atoms with E-state index in [0.29, 0.717) is 11.0 Å². The number of benzene rings is 1. The summed E-state index contributed by atoms with van der Waals surface area (Å²) in [5.41, 5.74) is 0.133. The van der Waals surface area contributed by atoms with E-state index in [2.05, 4.69) is 25.5 Å². The first-order chi connectivity index (χ1) is 14.3. The molecule has 1 unspecified atom stereocenters. The fourth-order valence-corrected chi connectivity index (χ4v) is 3.90. The molecule has 1 aromatic heterocycles. The second-order valence-electron chi connectivity index (χ2n) is 6.70. The Morgan fingerprint density at radius 3 is 2.48 bits per heavy atom. The normalized spacial score (nSPS) is 16.6. The fourth-order valence-electron chi connectivity index (χ4n) is 3.16. The van der Waals surface area contributed by atoms with Crippen LogP contribution in [0.25, 0.3) is 0 Å². The van der Waals surface area contributed by atoms with Crippen LogP contribution in [0.5, 0.6) is 11.5 Å². The molecule has 0 aliphatic carbocycles. The highest BCUT2D eigenvalue weighted by atomic mass is 127. The van der Waals surface area contributed by atoms with E-state index in [9.17, 15) is 13.2 Å². The predicted molar refractivity (Wildman–Crippen MR) is 126 cm³/mol. The van der Waals surface area contributed by atoms with Crippen molar-refractivity contribution in [3.63, 3.8) is 0 Å². The largest absolute Gasteiger partial charge is 0.497 e. The van der Waals surface area contributed by atoms with E-state index in [0.717, 1.165) is 53.4 Å². The van der Waals surface area contributed by atoms with E-state index in [1.165, 1.54) is 0 Å². The molecule has 1 saturated heterocycles. The first-order valence-electron chi connectivity index (χ1n) is 9.29. The van der Waals surface area contributed by atoms with Crippen molar-refractivity contribution < 1.29 is 22.6 Å². The van der Waals surface area contributed by atoms with Gasteiger partial charge in [0.25, 0.3) is 0 Å². The summed E-state index contributed by atoms with van der Waals surface area (Å²) < 4.78 is 48.7. The number of methoxy groups -OCH3 is 2. The van der Waals surface area contributed by atoms with Crippen LogP contribution in [0.1, 0.15) is 17.1 Å².